The first kappa shape index (κ1) is 19.3. The van der Waals surface area contributed by atoms with Gasteiger partial charge in [0.2, 0.25) is 0 Å². The molecule has 2 aromatic carbocycles. The molecule has 1 fully saturated rings. The van der Waals surface area contributed by atoms with Crippen LogP contribution in [0.25, 0.3) is 0 Å². The Bertz CT molecular complexity index is 882. The molecule has 2 aromatic rings. The Balaban J connectivity index is 1.32. The molecule has 6 heteroatoms. The van der Waals surface area contributed by atoms with Crippen LogP contribution in [0.4, 0.5) is 0 Å². The summed E-state index contributed by atoms with van der Waals surface area (Å²) in [5.41, 5.74) is 2.28. The van der Waals surface area contributed by atoms with Crippen molar-refractivity contribution < 1.29 is 14.4 Å². The molecule has 29 heavy (non-hydrogen) atoms. The first-order chi connectivity index (χ1) is 14.1. The van der Waals surface area contributed by atoms with Crippen molar-refractivity contribution in [3.63, 3.8) is 0 Å². The van der Waals surface area contributed by atoms with Gasteiger partial charge in [0.05, 0.1) is 17.7 Å². The predicted molar refractivity (Wildman–Crippen MR) is 110 cm³/mol. The molecule has 150 valence electrons. The normalized spacial score (nSPS) is 16.8. The minimum atomic E-state index is -0.273. The van der Waals surface area contributed by atoms with Crippen molar-refractivity contribution in [2.75, 3.05) is 26.2 Å². The molecule has 1 N–H and O–H groups in total. The number of rotatable bonds is 6. The van der Waals surface area contributed by atoms with E-state index in [1.54, 1.807) is 48.5 Å². The highest BCUT2D eigenvalue weighted by atomic mass is 16.2. The van der Waals surface area contributed by atoms with E-state index in [1.807, 2.05) is 0 Å². The summed E-state index contributed by atoms with van der Waals surface area (Å²) in [6.45, 7) is 3.94. The lowest BCUT2D eigenvalue weighted by Crippen LogP contribution is -2.37. The van der Waals surface area contributed by atoms with Gasteiger partial charge in [0.15, 0.2) is 0 Å². The summed E-state index contributed by atoms with van der Waals surface area (Å²) in [5, 5.41) is 2.97. The summed E-state index contributed by atoms with van der Waals surface area (Å²) >= 11 is 0. The molecule has 0 aromatic heterocycles. The maximum absolute atomic E-state index is 12.5. The van der Waals surface area contributed by atoms with Gasteiger partial charge in [-0.25, -0.2) is 0 Å². The average molecular weight is 391 g/mol. The molecule has 0 bridgehead atoms. The molecule has 4 rings (SSSR count). The lowest BCUT2D eigenvalue weighted by Gasteiger charge is -2.26. The van der Waals surface area contributed by atoms with Crippen molar-refractivity contribution in [1.29, 1.82) is 0 Å². The topological polar surface area (TPSA) is 69.7 Å². The molecule has 2 heterocycles. The van der Waals surface area contributed by atoms with Gasteiger partial charge in [-0.15, -0.1) is 0 Å². The van der Waals surface area contributed by atoms with Gasteiger partial charge in [-0.2, -0.15) is 0 Å². The number of hydrogen-bond donors (Lipinski definition) is 1. The number of amides is 3. The largest absolute Gasteiger partial charge is 0.351 e. The van der Waals surface area contributed by atoms with E-state index in [0.717, 1.165) is 25.2 Å². The van der Waals surface area contributed by atoms with Crippen LogP contribution in [0.15, 0.2) is 48.5 Å². The fraction of sp³-hybridized carbons (Fsp3) is 0.348. The quantitative estimate of drug-likeness (QED) is 0.769. The molecule has 0 aliphatic carbocycles. The van der Waals surface area contributed by atoms with Crippen LogP contribution in [0.3, 0.4) is 0 Å². The summed E-state index contributed by atoms with van der Waals surface area (Å²) in [4.78, 5) is 40.9. The van der Waals surface area contributed by atoms with Crippen LogP contribution in [0.1, 0.15) is 55.9 Å². The van der Waals surface area contributed by atoms with E-state index in [0.29, 0.717) is 23.2 Å². The van der Waals surface area contributed by atoms with Gasteiger partial charge >= 0.3 is 0 Å². The van der Waals surface area contributed by atoms with E-state index in [-0.39, 0.29) is 24.3 Å². The number of imide groups is 1. The minimum Gasteiger partial charge on any atom is -0.351 e. The molecular formula is C23H25N3O3. The van der Waals surface area contributed by atoms with Crippen molar-refractivity contribution in [3.05, 3.63) is 70.8 Å². The van der Waals surface area contributed by atoms with E-state index >= 15 is 0 Å². The number of carbonyl (C=O) groups excluding carboxylic acids is 3. The Kier molecular flexibility index (Phi) is 5.71. The summed E-state index contributed by atoms with van der Waals surface area (Å²) in [6, 6.07) is 13.9. The monoisotopic (exact) mass is 391 g/mol. The number of benzene rings is 2. The van der Waals surface area contributed by atoms with Crippen LogP contribution >= 0.6 is 0 Å². The second kappa shape index (κ2) is 8.57. The Morgan fingerprint density at radius 1 is 0.862 bits per heavy atom. The van der Waals surface area contributed by atoms with Crippen molar-refractivity contribution in [2.24, 2.45) is 0 Å². The second-order valence-electron chi connectivity index (χ2n) is 7.60. The first-order valence-electron chi connectivity index (χ1n) is 10.2. The molecule has 0 spiro atoms. The van der Waals surface area contributed by atoms with Crippen molar-refractivity contribution in [1.82, 2.24) is 15.1 Å². The number of piperidine rings is 1. The molecule has 0 atom stereocenters. The van der Waals surface area contributed by atoms with Crippen LogP contribution in [0, 0.1) is 0 Å². The maximum Gasteiger partial charge on any atom is 0.261 e. The average Bonchev–Trinajstić information content (AvgIpc) is 3.00. The standard InChI is InChI=1S/C23H25N3O3/c27-21(24-12-15-25-13-4-1-5-14-25)18-10-8-17(9-11-18)16-26-22(28)19-6-2-3-7-20(19)23(26)29/h2-3,6-11H,1,4-5,12-16H2,(H,24,27). The number of fused-ring (bicyclic) bond motifs is 1. The number of hydrogen-bond acceptors (Lipinski definition) is 4. The Morgan fingerprint density at radius 3 is 2.10 bits per heavy atom. The van der Waals surface area contributed by atoms with E-state index in [1.165, 1.54) is 24.2 Å². The van der Waals surface area contributed by atoms with Crippen LogP contribution in [0.5, 0.6) is 0 Å². The molecule has 6 nitrogen and oxygen atoms in total. The third-order valence-corrected chi connectivity index (χ3v) is 5.60. The van der Waals surface area contributed by atoms with E-state index in [9.17, 15) is 14.4 Å². The van der Waals surface area contributed by atoms with Gasteiger partial charge in [0.25, 0.3) is 17.7 Å². The van der Waals surface area contributed by atoms with Crippen LogP contribution < -0.4 is 5.32 Å². The highest BCUT2D eigenvalue weighted by molar-refractivity contribution is 6.21. The summed E-state index contributed by atoms with van der Waals surface area (Å²) in [7, 11) is 0. The number of nitrogens with one attached hydrogen (secondary N) is 1. The van der Waals surface area contributed by atoms with Crippen molar-refractivity contribution in [2.45, 2.75) is 25.8 Å². The third-order valence-electron chi connectivity index (χ3n) is 5.60. The Labute approximate surface area is 170 Å². The lowest BCUT2D eigenvalue weighted by molar-refractivity contribution is 0.0641. The van der Waals surface area contributed by atoms with Gasteiger partial charge in [0, 0.05) is 18.7 Å². The zero-order chi connectivity index (χ0) is 20.2. The van der Waals surface area contributed by atoms with Gasteiger partial charge in [-0.05, 0) is 55.8 Å². The SMILES string of the molecule is O=C(NCCN1CCCCC1)c1ccc(CN2C(=O)c3ccccc3C2=O)cc1. The Hall–Kier alpha value is -2.99. The molecular weight excluding hydrogens is 366 g/mol. The summed E-state index contributed by atoms with van der Waals surface area (Å²) in [6.07, 6.45) is 3.78. The van der Waals surface area contributed by atoms with Gasteiger partial charge in [-0.1, -0.05) is 30.7 Å². The van der Waals surface area contributed by atoms with Gasteiger partial charge in [-0.3, -0.25) is 19.3 Å². The number of carbonyl (C=O) groups is 3. The maximum atomic E-state index is 12.5. The molecule has 0 radical (unpaired) electrons. The van der Waals surface area contributed by atoms with E-state index in [4.69, 9.17) is 0 Å². The van der Waals surface area contributed by atoms with Gasteiger partial charge < -0.3 is 10.2 Å². The molecule has 1 saturated heterocycles. The summed E-state index contributed by atoms with van der Waals surface area (Å²) < 4.78 is 0. The minimum absolute atomic E-state index is 0.103. The fourth-order valence-corrected chi connectivity index (χ4v) is 3.94. The zero-order valence-electron chi connectivity index (χ0n) is 16.4. The molecule has 2 aliphatic heterocycles. The Morgan fingerprint density at radius 2 is 1.48 bits per heavy atom. The highest BCUT2D eigenvalue weighted by Crippen LogP contribution is 2.24. The van der Waals surface area contributed by atoms with E-state index in [2.05, 4.69) is 10.2 Å². The van der Waals surface area contributed by atoms with Crippen LogP contribution in [-0.4, -0.2) is 53.7 Å². The fourth-order valence-electron chi connectivity index (χ4n) is 3.94. The molecule has 3 amide bonds. The smallest absolute Gasteiger partial charge is 0.261 e. The molecule has 0 unspecified atom stereocenters. The first-order valence-corrected chi connectivity index (χ1v) is 10.2. The second-order valence-corrected chi connectivity index (χ2v) is 7.60. The predicted octanol–water partition coefficient (Wildman–Crippen LogP) is 2.70. The van der Waals surface area contributed by atoms with Gasteiger partial charge in [0.1, 0.15) is 0 Å². The summed E-state index contributed by atoms with van der Waals surface area (Å²) in [5.74, 6) is -0.649. The number of nitrogens with zero attached hydrogens (tertiary/aromatic N) is 2. The lowest BCUT2D eigenvalue weighted by atomic mass is 10.1. The molecule has 0 saturated carbocycles. The van der Waals surface area contributed by atoms with Crippen LogP contribution in [0.2, 0.25) is 0 Å². The number of likely N-dealkylation sites (tertiary alicyclic amines) is 1. The highest BCUT2D eigenvalue weighted by Gasteiger charge is 2.34. The third kappa shape index (κ3) is 4.22. The van der Waals surface area contributed by atoms with Crippen molar-refractivity contribution in [3.8, 4) is 0 Å². The zero-order valence-corrected chi connectivity index (χ0v) is 16.4. The van der Waals surface area contributed by atoms with E-state index < -0.39 is 0 Å². The van der Waals surface area contributed by atoms with Crippen molar-refractivity contribution >= 4 is 17.7 Å². The molecule has 2 aliphatic rings. The van der Waals surface area contributed by atoms with Crippen LogP contribution in [-0.2, 0) is 6.54 Å².